The number of halogens is 1. The van der Waals surface area contributed by atoms with E-state index in [1.807, 2.05) is 19.1 Å². The number of nitrogens with one attached hydrogen (secondary N) is 1. The first-order chi connectivity index (χ1) is 11.6. The van der Waals surface area contributed by atoms with Crippen LogP contribution >= 0.6 is 23.4 Å². The summed E-state index contributed by atoms with van der Waals surface area (Å²) >= 11 is 7.01. The molecule has 8 heteroatoms. The SMILES string of the molecule is Cc1occc1-c1nnc(SCC(=O)NCc2ccc(Cl)cc2)o1. The Morgan fingerprint density at radius 2 is 2.04 bits per heavy atom. The van der Waals surface area contributed by atoms with Crippen LogP contribution < -0.4 is 5.32 Å². The van der Waals surface area contributed by atoms with E-state index in [0.29, 0.717) is 28.4 Å². The highest BCUT2D eigenvalue weighted by atomic mass is 35.5. The van der Waals surface area contributed by atoms with Crippen LogP contribution in [0.1, 0.15) is 11.3 Å². The summed E-state index contributed by atoms with van der Waals surface area (Å²) in [5.74, 6) is 1.16. The minimum atomic E-state index is -0.116. The summed E-state index contributed by atoms with van der Waals surface area (Å²) in [4.78, 5) is 11.9. The van der Waals surface area contributed by atoms with Crippen LogP contribution in [0.4, 0.5) is 0 Å². The smallest absolute Gasteiger partial charge is 0.277 e. The van der Waals surface area contributed by atoms with E-state index in [9.17, 15) is 4.79 Å². The molecule has 24 heavy (non-hydrogen) atoms. The first kappa shape index (κ1) is 16.6. The molecule has 0 saturated heterocycles. The quantitative estimate of drug-likeness (QED) is 0.672. The van der Waals surface area contributed by atoms with Gasteiger partial charge in [-0.15, -0.1) is 10.2 Å². The maximum absolute atomic E-state index is 11.9. The molecule has 0 saturated carbocycles. The third-order valence-electron chi connectivity index (χ3n) is 3.23. The van der Waals surface area contributed by atoms with Gasteiger partial charge in [0.15, 0.2) is 0 Å². The summed E-state index contributed by atoms with van der Waals surface area (Å²) in [7, 11) is 0. The lowest BCUT2D eigenvalue weighted by atomic mass is 10.2. The molecule has 124 valence electrons. The Kier molecular flexibility index (Phi) is 5.22. The van der Waals surface area contributed by atoms with Crippen molar-refractivity contribution in [1.29, 1.82) is 0 Å². The van der Waals surface area contributed by atoms with Crippen molar-refractivity contribution in [3.05, 3.63) is 52.9 Å². The van der Waals surface area contributed by atoms with E-state index >= 15 is 0 Å². The number of aryl methyl sites for hydroxylation is 1. The lowest BCUT2D eigenvalue weighted by molar-refractivity contribution is -0.118. The molecule has 3 aromatic rings. The fourth-order valence-corrected chi connectivity index (χ4v) is 2.68. The number of aromatic nitrogens is 2. The van der Waals surface area contributed by atoms with Crippen molar-refractivity contribution in [2.24, 2.45) is 0 Å². The van der Waals surface area contributed by atoms with Gasteiger partial charge >= 0.3 is 0 Å². The van der Waals surface area contributed by atoms with Crippen molar-refractivity contribution in [3.8, 4) is 11.5 Å². The highest BCUT2D eigenvalue weighted by molar-refractivity contribution is 7.99. The highest BCUT2D eigenvalue weighted by Gasteiger charge is 2.14. The molecule has 2 heterocycles. The number of thioether (sulfide) groups is 1. The molecule has 0 atom stereocenters. The number of hydrogen-bond acceptors (Lipinski definition) is 6. The van der Waals surface area contributed by atoms with Gasteiger partial charge in [0.1, 0.15) is 5.76 Å². The zero-order valence-electron chi connectivity index (χ0n) is 12.8. The molecule has 0 fully saturated rings. The van der Waals surface area contributed by atoms with Gasteiger partial charge in [-0.3, -0.25) is 4.79 Å². The first-order valence-electron chi connectivity index (χ1n) is 7.14. The summed E-state index contributed by atoms with van der Waals surface area (Å²) < 4.78 is 10.7. The van der Waals surface area contributed by atoms with Crippen LogP contribution in [0.3, 0.4) is 0 Å². The van der Waals surface area contributed by atoms with Gasteiger partial charge in [0, 0.05) is 11.6 Å². The Labute approximate surface area is 147 Å². The molecule has 0 aliphatic heterocycles. The van der Waals surface area contributed by atoms with Crippen molar-refractivity contribution < 1.29 is 13.6 Å². The third kappa shape index (κ3) is 4.18. The van der Waals surface area contributed by atoms with Crippen molar-refractivity contribution in [2.75, 3.05) is 5.75 Å². The Bertz CT molecular complexity index is 829. The van der Waals surface area contributed by atoms with Crippen LogP contribution in [0.25, 0.3) is 11.5 Å². The molecule has 0 radical (unpaired) electrons. The maximum atomic E-state index is 11.9. The fraction of sp³-hybridized carbons (Fsp3) is 0.188. The molecular formula is C16H14ClN3O3S. The molecular weight excluding hydrogens is 350 g/mol. The van der Waals surface area contributed by atoms with Crippen molar-refractivity contribution in [1.82, 2.24) is 15.5 Å². The standard InChI is InChI=1S/C16H14ClN3O3S/c1-10-13(6-7-22-10)15-19-20-16(23-15)24-9-14(21)18-8-11-2-4-12(17)5-3-11/h2-7H,8-9H2,1H3,(H,18,21). The Balaban J connectivity index is 1.49. The molecule has 0 aliphatic rings. The van der Waals surface area contributed by atoms with E-state index in [2.05, 4.69) is 15.5 Å². The number of nitrogens with zero attached hydrogens (tertiary/aromatic N) is 2. The van der Waals surface area contributed by atoms with Crippen molar-refractivity contribution in [3.63, 3.8) is 0 Å². The van der Waals surface area contributed by atoms with E-state index in [-0.39, 0.29) is 11.7 Å². The molecule has 2 aromatic heterocycles. The van der Waals surface area contributed by atoms with Crippen LogP contribution in [0.2, 0.25) is 5.02 Å². The monoisotopic (exact) mass is 363 g/mol. The van der Waals surface area contributed by atoms with E-state index in [1.165, 1.54) is 11.8 Å². The first-order valence-corrected chi connectivity index (χ1v) is 8.50. The van der Waals surface area contributed by atoms with E-state index < -0.39 is 0 Å². The number of carbonyl (C=O) groups excluding carboxylic acids is 1. The van der Waals surface area contributed by atoms with Gasteiger partial charge in [0.2, 0.25) is 5.91 Å². The van der Waals surface area contributed by atoms with Gasteiger partial charge in [0.25, 0.3) is 11.1 Å². The van der Waals surface area contributed by atoms with E-state index in [0.717, 1.165) is 11.1 Å². The summed E-state index contributed by atoms with van der Waals surface area (Å²) in [6.07, 6.45) is 1.56. The number of hydrogen-bond donors (Lipinski definition) is 1. The number of carbonyl (C=O) groups is 1. The summed E-state index contributed by atoms with van der Waals surface area (Å²) in [5.41, 5.74) is 1.73. The number of rotatable bonds is 6. The number of amides is 1. The summed E-state index contributed by atoms with van der Waals surface area (Å²) in [6, 6.07) is 9.07. The average molecular weight is 364 g/mol. The largest absolute Gasteiger partial charge is 0.469 e. The zero-order chi connectivity index (χ0) is 16.9. The normalized spacial score (nSPS) is 10.8. The topological polar surface area (TPSA) is 81.2 Å². The lowest BCUT2D eigenvalue weighted by Gasteiger charge is -2.04. The molecule has 0 unspecified atom stereocenters. The van der Waals surface area contributed by atoms with Crippen LogP contribution in [0, 0.1) is 6.92 Å². The summed E-state index contributed by atoms with van der Waals surface area (Å²) in [5, 5.41) is 11.7. The van der Waals surface area contributed by atoms with Crippen LogP contribution in [0.5, 0.6) is 0 Å². The third-order valence-corrected chi connectivity index (χ3v) is 4.30. The van der Waals surface area contributed by atoms with Gasteiger partial charge in [-0.1, -0.05) is 35.5 Å². The number of furan rings is 1. The van der Waals surface area contributed by atoms with Crippen LogP contribution in [-0.2, 0) is 11.3 Å². The zero-order valence-corrected chi connectivity index (χ0v) is 14.4. The van der Waals surface area contributed by atoms with Gasteiger partial charge in [-0.25, -0.2) is 0 Å². The van der Waals surface area contributed by atoms with Crippen LogP contribution in [0.15, 0.2) is 50.7 Å². The van der Waals surface area contributed by atoms with E-state index in [4.69, 9.17) is 20.4 Å². The second-order valence-electron chi connectivity index (χ2n) is 4.96. The Hall–Kier alpha value is -2.25. The lowest BCUT2D eigenvalue weighted by Crippen LogP contribution is -2.24. The van der Waals surface area contributed by atoms with Crippen molar-refractivity contribution in [2.45, 2.75) is 18.7 Å². The van der Waals surface area contributed by atoms with Gasteiger partial charge in [0.05, 0.1) is 17.6 Å². The van der Waals surface area contributed by atoms with Crippen LogP contribution in [-0.4, -0.2) is 21.9 Å². The molecule has 0 bridgehead atoms. The second-order valence-corrected chi connectivity index (χ2v) is 6.32. The number of benzene rings is 1. The molecule has 0 spiro atoms. The predicted molar refractivity (Wildman–Crippen MR) is 90.8 cm³/mol. The van der Waals surface area contributed by atoms with Gasteiger partial charge in [-0.05, 0) is 30.7 Å². The van der Waals surface area contributed by atoms with Gasteiger partial charge < -0.3 is 14.2 Å². The minimum absolute atomic E-state index is 0.116. The predicted octanol–water partition coefficient (Wildman–Crippen LogP) is 3.70. The highest BCUT2D eigenvalue weighted by Crippen LogP contribution is 2.26. The molecule has 1 amide bonds. The average Bonchev–Trinajstić information content (AvgIpc) is 3.21. The Morgan fingerprint density at radius 3 is 2.75 bits per heavy atom. The molecule has 6 nitrogen and oxygen atoms in total. The fourth-order valence-electron chi connectivity index (χ4n) is 1.96. The molecule has 1 aromatic carbocycles. The van der Waals surface area contributed by atoms with E-state index in [1.54, 1.807) is 24.5 Å². The molecule has 1 N–H and O–H groups in total. The van der Waals surface area contributed by atoms with Gasteiger partial charge in [-0.2, -0.15) is 0 Å². The molecule has 0 aliphatic carbocycles. The van der Waals surface area contributed by atoms with Crippen molar-refractivity contribution >= 4 is 29.3 Å². The Morgan fingerprint density at radius 1 is 1.25 bits per heavy atom. The second kappa shape index (κ2) is 7.55. The minimum Gasteiger partial charge on any atom is -0.469 e. The molecule has 3 rings (SSSR count). The maximum Gasteiger partial charge on any atom is 0.277 e. The summed E-state index contributed by atoms with van der Waals surface area (Å²) in [6.45, 7) is 2.26.